The summed E-state index contributed by atoms with van der Waals surface area (Å²) < 4.78 is 0. The quantitative estimate of drug-likeness (QED) is 0.164. The second kappa shape index (κ2) is 17.2. The molecule has 0 radical (unpaired) electrons. The standard InChI is InChI=1S/C31H41NO5/c1-24(31(36)37)23-29(34)32-22-14-9-7-5-3-2-4-6-8-13-17-28(33)25-18-20-27(21-19-25)30(35)26-15-11-10-12-16-26/h10-12,15-16,18-21,24H,2-9,13-14,17,22-23H2,1H3,(H,32,34)(H,36,37). The summed E-state index contributed by atoms with van der Waals surface area (Å²) in [5.41, 5.74) is 1.91. The molecular weight excluding hydrogens is 466 g/mol. The van der Waals surface area contributed by atoms with E-state index in [0.29, 0.717) is 29.7 Å². The zero-order chi connectivity index (χ0) is 26.9. The number of nitrogens with one attached hydrogen (secondary N) is 1. The monoisotopic (exact) mass is 507 g/mol. The molecule has 0 bridgehead atoms. The van der Waals surface area contributed by atoms with E-state index in [0.717, 1.165) is 38.5 Å². The Balaban J connectivity index is 1.45. The third-order valence-corrected chi connectivity index (χ3v) is 6.57. The zero-order valence-electron chi connectivity index (χ0n) is 22.0. The molecule has 2 rings (SSSR count). The van der Waals surface area contributed by atoms with Gasteiger partial charge in [-0.1, -0.05) is 113 Å². The predicted molar refractivity (Wildman–Crippen MR) is 146 cm³/mol. The molecule has 6 heteroatoms. The van der Waals surface area contributed by atoms with Gasteiger partial charge in [-0.25, -0.2) is 0 Å². The van der Waals surface area contributed by atoms with Crippen LogP contribution < -0.4 is 5.32 Å². The fraction of sp³-hybridized carbons (Fsp3) is 0.484. The molecule has 200 valence electrons. The minimum Gasteiger partial charge on any atom is -0.481 e. The Morgan fingerprint density at radius 3 is 1.73 bits per heavy atom. The van der Waals surface area contributed by atoms with Crippen molar-refractivity contribution in [1.29, 1.82) is 0 Å². The minimum atomic E-state index is -0.941. The Morgan fingerprint density at radius 1 is 0.676 bits per heavy atom. The number of carbonyl (C=O) groups is 4. The molecule has 0 aliphatic carbocycles. The molecule has 37 heavy (non-hydrogen) atoms. The summed E-state index contributed by atoms with van der Waals surface area (Å²) in [5.74, 6) is -1.68. The molecule has 0 saturated carbocycles. The number of hydrogen-bond acceptors (Lipinski definition) is 4. The first kappa shape index (κ1) is 29.9. The molecule has 2 aromatic carbocycles. The topological polar surface area (TPSA) is 101 Å². The lowest BCUT2D eigenvalue weighted by atomic mass is 9.99. The summed E-state index contributed by atoms with van der Waals surface area (Å²) in [6.45, 7) is 2.15. The van der Waals surface area contributed by atoms with E-state index in [2.05, 4.69) is 5.32 Å². The molecule has 2 N–H and O–H groups in total. The van der Waals surface area contributed by atoms with Crippen LogP contribution in [0.15, 0.2) is 54.6 Å². The van der Waals surface area contributed by atoms with Gasteiger partial charge in [-0.05, 0) is 12.8 Å². The average molecular weight is 508 g/mol. The Morgan fingerprint density at radius 2 is 1.16 bits per heavy atom. The fourth-order valence-corrected chi connectivity index (χ4v) is 4.20. The van der Waals surface area contributed by atoms with Crippen LogP contribution in [-0.4, -0.2) is 35.1 Å². The molecule has 0 saturated heterocycles. The van der Waals surface area contributed by atoms with Gasteiger partial charge in [0.15, 0.2) is 11.6 Å². The second-order valence-corrected chi connectivity index (χ2v) is 9.77. The summed E-state index contributed by atoms with van der Waals surface area (Å²) in [6.07, 6.45) is 11.6. The molecule has 1 unspecified atom stereocenters. The zero-order valence-corrected chi connectivity index (χ0v) is 22.0. The SMILES string of the molecule is CC(CC(=O)NCCCCCCCCCCCCC(=O)c1ccc(C(=O)c2ccccc2)cc1)C(=O)O. The predicted octanol–water partition coefficient (Wildman–Crippen LogP) is 6.62. The number of Topliss-reactive ketones (excluding diaryl/α,β-unsaturated/α-hetero) is 1. The highest BCUT2D eigenvalue weighted by Crippen LogP contribution is 2.15. The van der Waals surface area contributed by atoms with E-state index in [4.69, 9.17) is 5.11 Å². The van der Waals surface area contributed by atoms with E-state index < -0.39 is 11.9 Å². The maximum absolute atomic E-state index is 12.5. The smallest absolute Gasteiger partial charge is 0.306 e. The van der Waals surface area contributed by atoms with Crippen LogP contribution >= 0.6 is 0 Å². The molecule has 6 nitrogen and oxygen atoms in total. The Bertz CT molecular complexity index is 984. The lowest BCUT2D eigenvalue weighted by Gasteiger charge is -2.07. The first-order valence-corrected chi connectivity index (χ1v) is 13.6. The van der Waals surface area contributed by atoms with E-state index in [1.165, 1.54) is 25.7 Å². The number of unbranched alkanes of at least 4 members (excludes halogenated alkanes) is 9. The third-order valence-electron chi connectivity index (χ3n) is 6.57. The average Bonchev–Trinajstić information content (AvgIpc) is 2.91. The van der Waals surface area contributed by atoms with Gasteiger partial charge in [0.2, 0.25) is 5.91 Å². The van der Waals surface area contributed by atoms with Crippen LogP contribution in [-0.2, 0) is 9.59 Å². The van der Waals surface area contributed by atoms with Crippen molar-refractivity contribution in [2.75, 3.05) is 6.54 Å². The van der Waals surface area contributed by atoms with Crippen molar-refractivity contribution in [1.82, 2.24) is 5.32 Å². The number of ketones is 2. The third kappa shape index (κ3) is 12.0. The van der Waals surface area contributed by atoms with E-state index in [1.54, 1.807) is 43.3 Å². The van der Waals surface area contributed by atoms with Crippen molar-refractivity contribution in [2.45, 2.75) is 84.0 Å². The number of carbonyl (C=O) groups excluding carboxylic acids is 3. The van der Waals surface area contributed by atoms with Crippen molar-refractivity contribution >= 4 is 23.4 Å². The lowest BCUT2D eigenvalue weighted by molar-refractivity contribution is -0.143. The first-order chi connectivity index (χ1) is 17.9. The second-order valence-electron chi connectivity index (χ2n) is 9.77. The normalized spacial score (nSPS) is 11.6. The lowest BCUT2D eigenvalue weighted by Crippen LogP contribution is -2.27. The highest BCUT2D eigenvalue weighted by Gasteiger charge is 2.15. The molecule has 0 aromatic heterocycles. The molecule has 1 atom stereocenters. The van der Waals surface area contributed by atoms with Gasteiger partial charge in [-0.15, -0.1) is 0 Å². The van der Waals surface area contributed by atoms with Crippen LogP contribution in [0.4, 0.5) is 0 Å². The molecular formula is C31H41NO5. The minimum absolute atomic E-state index is 0.0345. The molecule has 2 aromatic rings. The first-order valence-electron chi connectivity index (χ1n) is 13.6. The van der Waals surface area contributed by atoms with Crippen molar-refractivity contribution in [3.63, 3.8) is 0 Å². The van der Waals surface area contributed by atoms with Crippen LogP contribution in [0.25, 0.3) is 0 Å². The number of hydrogen-bond donors (Lipinski definition) is 2. The number of amides is 1. The largest absolute Gasteiger partial charge is 0.481 e. The van der Waals surface area contributed by atoms with Crippen LogP contribution in [0.3, 0.4) is 0 Å². The summed E-state index contributed by atoms with van der Waals surface area (Å²) in [6, 6.07) is 16.1. The van der Waals surface area contributed by atoms with Crippen LogP contribution in [0.2, 0.25) is 0 Å². The molecule has 0 fully saturated rings. The summed E-state index contributed by atoms with van der Waals surface area (Å²) in [7, 11) is 0. The summed E-state index contributed by atoms with van der Waals surface area (Å²) in [5, 5.41) is 11.6. The number of benzene rings is 2. The van der Waals surface area contributed by atoms with Crippen molar-refractivity contribution in [3.05, 3.63) is 71.3 Å². The van der Waals surface area contributed by atoms with Gasteiger partial charge in [0.1, 0.15) is 0 Å². The number of carboxylic acid groups (broad SMARTS) is 1. The van der Waals surface area contributed by atoms with Gasteiger partial charge in [0.05, 0.1) is 5.92 Å². The Hall–Kier alpha value is -3.28. The van der Waals surface area contributed by atoms with E-state index in [1.807, 2.05) is 18.2 Å². The summed E-state index contributed by atoms with van der Waals surface area (Å²) in [4.78, 5) is 47.3. The van der Waals surface area contributed by atoms with Crippen LogP contribution in [0, 0.1) is 5.92 Å². The molecule has 1 amide bonds. The molecule has 0 heterocycles. The Kier molecular flexibility index (Phi) is 13.9. The highest BCUT2D eigenvalue weighted by atomic mass is 16.4. The van der Waals surface area contributed by atoms with Gasteiger partial charge in [-0.2, -0.15) is 0 Å². The Labute approximate surface area is 220 Å². The number of carboxylic acids is 1. The van der Waals surface area contributed by atoms with Crippen molar-refractivity contribution < 1.29 is 24.3 Å². The number of aliphatic carboxylic acids is 1. The number of rotatable bonds is 19. The van der Waals surface area contributed by atoms with Crippen molar-refractivity contribution in [3.8, 4) is 0 Å². The fourth-order valence-electron chi connectivity index (χ4n) is 4.20. The van der Waals surface area contributed by atoms with E-state index in [-0.39, 0.29) is 23.9 Å². The van der Waals surface area contributed by atoms with Gasteiger partial charge in [-0.3, -0.25) is 19.2 Å². The van der Waals surface area contributed by atoms with Crippen LogP contribution in [0.5, 0.6) is 0 Å². The maximum Gasteiger partial charge on any atom is 0.306 e. The molecule has 0 aliphatic rings. The van der Waals surface area contributed by atoms with Gasteiger partial charge >= 0.3 is 5.97 Å². The maximum atomic E-state index is 12.5. The summed E-state index contributed by atoms with van der Waals surface area (Å²) >= 11 is 0. The van der Waals surface area contributed by atoms with E-state index in [9.17, 15) is 19.2 Å². The van der Waals surface area contributed by atoms with Gasteiger partial charge in [0.25, 0.3) is 0 Å². The highest BCUT2D eigenvalue weighted by molar-refractivity contribution is 6.09. The van der Waals surface area contributed by atoms with Crippen molar-refractivity contribution in [2.24, 2.45) is 5.92 Å². The molecule has 0 aliphatic heterocycles. The van der Waals surface area contributed by atoms with Gasteiger partial charge in [0, 0.05) is 36.1 Å². The van der Waals surface area contributed by atoms with Crippen LogP contribution in [0.1, 0.15) is 110 Å². The van der Waals surface area contributed by atoms with Gasteiger partial charge < -0.3 is 10.4 Å². The molecule has 0 spiro atoms. The van der Waals surface area contributed by atoms with E-state index >= 15 is 0 Å².